The monoisotopic (exact) mass is 409 g/mol. The molecule has 3 heterocycles. The van der Waals surface area contributed by atoms with Crippen LogP contribution in [0.3, 0.4) is 0 Å². The van der Waals surface area contributed by atoms with E-state index in [1.165, 1.54) is 0 Å². The van der Waals surface area contributed by atoms with Crippen LogP contribution in [-0.4, -0.2) is 34.9 Å². The van der Waals surface area contributed by atoms with Gasteiger partial charge in [-0.15, -0.1) is 0 Å². The number of H-pyrrole nitrogens is 1. The Morgan fingerprint density at radius 1 is 1.27 bits per heavy atom. The van der Waals surface area contributed by atoms with Gasteiger partial charge in [-0.2, -0.15) is 4.98 Å². The van der Waals surface area contributed by atoms with Gasteiger partial charge in [0.25, 0.3) is 5.56 Å². The van der Waals surface area contributed by atoms with Crippen molar-refractivity contribution >= 4 is 29.3 Å². The maximum atomic E-state index is 12.9. The molecule has 30 heavy (non-hydrogen) atoms. The summed E-state index contributed by atoms with van der Waals surface area (Å²) in [5.41, 5.74) is 1.63. The van der Waals surface area contributed by atoms with Crippen molar-refractivity contribution in [1.82, 2.24) is 9.97 Å². The number of carbonyl (C=O) groups is 2. The largest absolute Gasteiger partial charge is 0.342 e. The SMILES string of the molecule is CCc1ccc(NC(=O)[C@H]2CC(=O)Nc3nc(N4CCC[C@H](C)C4)[nH]c(=O)c32)cc1. The van der Waals surface area contributed by atoms with Crippen LogP contribution in [-0.2, 0) is 16.0 Å². The van der Waals surface area contributed by atoms with E-state index in [9.17, 15) is 14.4 Å². The van der Waals surface area contributed by atoms with Crippen LogP contribution in [0.15, 0.2) is 29.1 Å². The standard InChI is InChI=1S/C22H27N5O3/c1-3-14-6-8-15(9-7-14)23-20(29)16-11-17(28)24-19-18(16)21(30)26-22(25-19)27-10-4-5-13(2)12-27/h6-9,13,16H,3-5,10-12H2,1-2H3,(H,23,29)(H2,24,25,26,28,30)/t13-,16-/m0/s1. The van der Waals surface area contributed by atoms with Gasteiger partial charge in [0, 0.05) is 25.2 Å². The van der Waals surface area contributed by atoms with E-state index in [0.717, 1.165) is 37.9 Å². The van der Waals surface area contributed by atoms with Gasteiger partial charge in [-0.25, -0.2) is 0 Å². The zero-order chi connectivity index (χ0) is 21.3. The maximum Gasteiger partial charge on any atom is 0.258 e. The number of fused-ring (bicyclic) bond motifs is 1. The van der Waals surface area contributed by atoms with Crippen molar-refractivity contribution in [2.75, 3.05) is 28.6 Å². The number of aromatic amines is 1. The minimum atomic E-state index is -0.884. The molecule has 2 atom stereocenters. The lowest BCUT2D eigenvalue weighted by molar-refractivity contribution is -0.123. The predicted molar refractivity (Wildman–Crippen MR) is 116 cm³/mol. The lowest BCUT2D eigenvalue weighted by atomic mass is 9.92. The molecule has 1 saturated heterocycles. The Balaban J connectivity index is 1.61. The summed E-state index contributed by atoms with van der Waals surface area (Å²) in [7, 11) is 0. The number of benzene rings is 1. The van der Waals surface area contributed by atoms with E-state index in [-0.39, 0.29) is 35.2 Å². The van der Waals surface area contributed by atoms with E-state index < -0.39 is 5.92 Å². The highest BCUT2D eigenvalue weighted by molar-refractivity contribution is 6.04. The Hall–Kier alpha value is -3.16. The second kappa shape index (κ2) is 8.30. The smallest absolute Gasteiger partial charge is 0.258 e. The van der Waals surface area contributed by atoms with Crippen molar-refractivity contribution in [2.24, 2.45) is 5.92 Å². The first kappa shape index (κ1) is 20.1. The van der Waals surface area contributed by atoms with E-state index in [1.807, 2.05) is 29.2 Å². The fraction of sp³-hybridized carbons (Fsp3) is 0.455. The van der Waals surface area contributed by atoms with E-state index >= 15 is 0 Å². The highest BCUT2D eigenvalue weighted by Crippen LogP contribution is 2.31. The quantitative estimate of drug-likeness (QED) is 0.720. The van der Waals surface area contributed by atoms with Gasteiger partial charge in [-0.1, -0.05) is 26.0 Å². The number of nitrogens with one attached hydrogen (secondary N) is 3. The lowest BCUT2D eigenvalue weighted by Gasteiger charge is -2.32. The number of anilines is 3. The van der Waals surface area contributed by atoms with Crippen molar-refractivity contribution in [3.05, 3.63) is 45.7 Å². The summed E-state index contributed by atoms with van der Waals surface area (Å²) < 4.78 is 0. The average molecular weight is 409 g/mol. The van der Waals surface area contributed by atoms with Crippen molar-refractivity contribution in [1.29, 1.82) is 0 Å². The summed E-state index contributed by atoms with van der Waals surface area (Å²) in [4.78, 5) is 47.5. The molecule has 4 rings (SSSR count). The summed E-state index contributed by atoms with van der Waals surface area (Å²) in [6.45, 7) is 5.83. The van der Waals surface area contributed by atoms with E-state index in [4.69, 9.17) is 0 Å². The normalized spacial score (nSPS) is 21.0. The first-order chi connectivity index (χ1) is 14.4. The topological polar surface area (TPSA) is 107 Å². The van der Waals surface area contributed by atoms with Crippen molar-refractivity contribution in [3.8, 4) is 0 Å². The molecule has 2 aliphatic rings. The van der Waals surface area contributed by atoms with Crippen LogP contribution < -0.4 is 21.1 Å². The minimum absolute atomic E-state index is 0.0866. The molecule has 3 N–H and O–H groups in total. The molecule has 2 aromatic rings. The molecule has 0 saturated carbocycles. The number of amides is 2. The van der Waals surface area contributed by atoms with Gasteiger partial charge in [0.15, 0.2) is 0 Å². The first-order valence-electron chi connectivity index (χ1n) is 10.5. The van der Waals surface area contributed by atoms with Crippen molar-refractivity contribution < 1.29 is 9.59 Å². The van der Waals surface area contributed by atoms with Gasteiger partial charge >= 0.3 is 0 Å². The van der Waals surface area contributed by atoms with Crippen LogP contribution in [0.5, 0.6) is 0 Å². The number of aryl methyl sites for hydroxylation is 1. The third-order valence-electron chi connectivity index (χ3n) is 5.84. The first-order valence-corrected chi connectivity index (χ1v) is 10.5. The molecule has 2 amide bonds. The Labute approximate surface area is 175 Å². The number of hydrogen-bond acceptors (Lipinski definition) is 5. The zero-order valence-corrected chi connectivity index (χ0v) is 17.3. The summed E-state index contributed by atoms with van der Waals surface area (Å²) in [5.74, 6) is -0.453. The molecule has 0 radical (unpaired) electrons. The fourth-order valence-electron chi connectivity index (χ4n) is 4.17. The fourth-order valence-corrected chi connectivity index (χ4v) is 4.17. The molecule has 158 valence electrons. The minimum Gasteiger partial charge on any atom is -0.342 e. The molecule has 1 aromatic carbocycles. The van der Waals surface area contributed by atoms with Gasteiger partial charge < -0.3 is 15.5 Å². The molecule has 1 aromatic heterocycles. The second-order valence-electron chi connectivity index (χ2n) is 8.19. The number of hydrogen-bond donors (Lipinski definition) is 3. The Morgan fingerprint density at radius 2 is 2.03 bits per heavy atom. The molecule has 0 unspecified atom stereocenters. The van der Waals surface area contributed by atoms with E-state index in [2.05, 4.69) is 34.4 Å². The van der Waals surface area contributed by atoms with E-state index in [1.54, 1.807) is 0 Å². The number of nitrogens with zero attached hydrogens (tertiary/aromatic N) is 2. The summed E-state index contributed by atoms with van der Waals surface area (Å²) in [6, 6.07) is 7.53. The maximum absolute atomic E-state index is 12.9. The van der Waals surface area contributed by atoms with Crippen molar-refractivity contribution in [2.45, 2.75) is 45.4 Å². The van der Waals surface area contributed by atoms with Crippen LogP contribution >= 0.6 is 0 Å². The zero-order valence-electron chi connectivity index (χ0n) is 17.3. The van der Waals surface area contributed by atoms with Gasteiger partial charge in [0.2, 0.25) is 17.8 Å². The molecule has 1 fully saturated rings. The van der Waals surface area contributed by atoms with Gasteiger partial charge in [-0.05, 0) is 42.9 Å². The molecule has 0 aliphatic carbocycles. The van der Waals surface area contributed by atoms with E-state index in [0.29, 0.717) is 17.6 Å². The van der Waals surface area contributed by atoms with Gasteiger partial charge in [-0.3, -0.25) is 19.4 Å². The molecule has 0 spiro atoms. The number of rotatable bonds is 4. The number of aromatic nitrogens is 2. The molecule has 2 aliphatic heterocycles. The highest BCUT2D eigenvalue weighted by Gasteiger charge is 2.35. The second-order valence-corrected chi connectivity index (χ2v) is 8.19. The number of carbonyl (C=O) groups excluding carboxylic acids is 2. The Kier molecular flexibility index (Phi) is 5.57. The summed E-state index contributed by atoms with van der Waals surface area (Å²) >= 11 is 0. The molecular formula is C22H27N5O3. The van der Waals surface area contributed by atoms with Crippen molar-refractivity contribution in [3.63, 3.8) is 0 Å². The number of piperidine rings is 1. The van der Waals surface area contributed by atoms with Crippen LogP contribution in [0, 0.1) is 5.92 Å². The molecule has 0 bridgehead atoms. The van der Waals surface area contributed by atoms with Crippen LogP contribution in [0.2, 0.25) is 0 Å². The molecule has 8 heteroatoms. The lowest BCUT2D eigenvalue weighted by Crippen LogP contribution is -2.40. The Morgan fingerprint density at radius 3 is 2.73 bits per heavy atom. The Bertz CT molecular complexity index is 1010. The third-order valence-corrected chi connectivity index (χ3v) is 5.84. The van der Waals surface area contributed by atoms with Gasteiger partial charge in [0.1, 0.15) is 5.82 Å². The predicted octanol–water partition coefficient (Wildman–Crippen LogP) is 2.63. The summed E-state index contributed by atoms with van der Waals surface area (Å²) in [5, 5.41) is 5.50. The summed E-state index contributed by atoms with van der Waals surface area (Å²) in [6.07, 6.45) is 2.99. The average Bonchev–Trinajstić information content (AvgIpc) is 2.73. The van der Waals surface area contributed by atoms with Crippen LogP contribution in [0.1, 0.15) is 50.2 Å². The van der Waals surface area contributed by atoms with Crippen LogP contribution in [0.4, 0.5) is 17.5 Å². The molecular weight excluding hydrogens is 382 g/mol. The highest BCUT2D eigenvalue weighted by atomic mass is 16.2. The van der Waals surface area contributed by atoms with Crippen LogP contribution in [0.25, 0.3) is 0 Å². The third kappa shape index (κ3) is 4.08. The molecule has 8 nitrogen and oxygen atoms in total. The van der Waals surface area contributed by atoms with Gasteiger partial charge in [0.05, 0.1) is 11.5 Å².